The molecule has 1 rings (SSSR count). The Kier molecular flexibility index (Phi) is 2.02. The molecule has 0 aromatic rings. The number of hydrogen-bond donors (Lipinski definition) is 4. The molecule has 12 heavy (non-hydrogen) atoms. The van der Waals surface area contributed by atoms with Crippen LogP contribution in [0.15, 0.2) is 22.7 Å². The Morgan fingerprint density at radius 2 is 1.58 bits per heavy atom. The van der Waals surface area contributed by atoms with Gasteiger partial charge in [0.25, 0.3) is 0 Å². The quantitative estimate of drug-likeness (QED) is 0.385. The molecule has 0 spiro atoms. The molecule has 4 nitrogen and oxygen atoms in total. The summed E-state index contributed by atoms with van der Waals surface area (Å²) < 4.78 is 0. The third kappa shape index (κ3) is 1.04. The summed E-state index contributed by atoms with van der Waals surface area (Å²) in [6.45, 7) is 3.76. The highest BCUT2D eigenvalue weighted by molar-refractivity contribution is 5.41. The van der Waals surface area contributed by atoms with Crippen molar-refractivity contribution in [3.05, 3.63) is 22.7 Å². The van der Waals surface area contributed by atoms with Crippen molar-refractivity contribution in [2.45, 2.75) is 19.9 Å². The molecule has 8 N–H and O–H groups in total. The van der Waals surface area contributed by atoms with E-state index in [1.165, 1.54) is 0 Å². The lowest BCUT2D eigenvalue weighted by Crippen LogP contribution is -2.42. The van der Waals surface area contributed by atoms with E-state index in [9.17, 15) is 0 Å². The standard InChI is InChI=1S/C8H16N4/c1-3-5(9)7(11)4(2)8(12)6(3)10/h3,5H,9-12H2,1-2H3. The van der Waals surface area contributed by atoms with E-state index in [1.807, 2.05) is 13.8 Å². The number of rotatable bonds is 0. The number of allylic oxidation sites excluding steroid dienone is 1. The summed E-state index contributed by atoms with van der Waals surface area (Å²) in [5.74, 6) is 0.0358. The third-order valence-corrected chi connectivity index (χ3v) is 2.54. The minimum absolute atomic E-state index is 0.0358. The molecule has 1 aliphatic carbocycles. The molecular formula is C8H16N4. The van der Waals surface area contributed by atoms with Crippen molar-refractivity contribution < 1.29 is 0 Å². The van der Waals surface area contributed by atoms with Crippen LogP contribution in [0.3, 0.4) is 0 Å². The zero-order chi connectivity index (χ0) is 9.46. The van der Waals surface area contributed by atoms with Gasteiger partial charge in [0.15, 0.2) is 0 Å². The molecule has 0 aromatic carbocycles. The van der Waals surface area contributed by atoms with E-state index >= 15 is 0 Å². The molecule has 68 valence electrons. The monoisotopic (exact) mass is 168 g/mol. The van der Waals surface area contributed by atoms with Crippen molar-refractivity contribution in [2.24, 2.45) is 28.9 Å². The van der Waals surface area contributed by atoms with Crippen LogP contribution < -0.4 is 22.9 Å². The van der Waals surface area contributed by atoms with Gasteiger partial charge in [-0.2, -0.15) is 0 Å². The fraction of sp³-hybridized carbons (Fsp3) is 0.500. The van der Waals surface area contributed by atoms with Gasteiger partial charge in [0, 0.05) is 17.3 Å². The molecule has 0 amide bonds. The van der Waals surface area contributed by atoms with E-state index in [2.05, 4.69) is 0 Å². The van der Waals surface area contributed by atoms with Crippen LogP contribution in [0.1, 0.15) is 13.8 Å². The summed E-state index contributed by atoms with van der Waals surface area (Å²) in [7, 11) is 0. The van der Waals surface area contributed by atoms with E-state index in [4.69, 9.17) is 22.9 Å². The Hall–Kier alpha value is -1.16. The van der Waals surface area contributed by atoms with Gasteiger partial charge in [-0.1, -0.05) is 6.92 Å². The Bertz CT molecular complexity index is 236. The fourth-order valence-electron chi connectivity index (χ4n) is 1.33. The topological polar surface area (TPSA) is 104 Å². The summed E-state index contributed by atoms with van der Waals surface area (Å²) in [5, 5.41) is 0. The lowest BCUT2D eigenvalue weighted by Gasteiger charge is -2.29. The minimum atomic E-state index is -0.197. The predicted molar refractivity (Wildman–Crippen MR) is 49.4 cm³/mol. The van der Waals surface area contributed by atoms with Crippen LogP contribution in [0.4, 0.5) is 0 Å². The first kappa shape index (κ1) is 8.93. The first-order chi connectivity index (χ1) is 5.46. The second-order valence-electron chi connectivity index (χ2n) is 3.26. The van der Waals surface area contributed by atoms with Gasteiger partial charge in [-0.15, -0.1) is 0 Å². The van der Waals surface area contributed by atoms with Gasteiger partial charge >= 0.3 is 0 Å². The molecule has 0 bridgehead atoms. The molecular weight excluding hydrogens is 152 g/mol. The van der Waals surface area contributed by atoms with Crippen LogP contribution in [0, 0.1) is 5.92 Å². The van der Waals surface area contributed by atoms with Crippen molar-refractivity contribution >= 4 is 0 Å². The molecule has 0 saturated carbocycles. The SMILES string of the molecule is CC1=C(N)C(N)C(C)C(N)=C1N. The van der Waals surface area contributed by atoms with Crippen molar-refractivity contribution in [2.75, 3.05) is 0 Å². The van der Waals surface area contributed by atoms with Crippen LogP contribution in [-0.2, 0) is 0 Å². The maximum atomic E-state index is 5.81. The van der Waals surface area contributed by atoms with Gasteiger partial charge in [-0.05, 0) is 12.5 Å². The Labute approximate surface area is 72.3 Å². The summed E-state index contributed by atoms with van der Waals surface area (Å²) in [5.41, 5.74) is 25.7. The molecule has 1 aliphatic rings. The maximum Gasteiger partial charge on any atom is 0.0555 e. The van der Waals surface area contributed by atoms with Gasteiger partial charge in [-0.25, -0.2) is 0 Å². The lowest BCUT2D eigenvalue weighted by atomic mass is 9.87. The molecule has 0 heterocycles. The normalized spacial score (nSPS) is 31.2. The average Bonchev–Trinajstić information content (AvgIpc) is 2.08. The van der Waals surface area contributed by atoms with Crippen molar-refractivity contribution in [3.63, 3.8) is 0 Å². The first-order valence-electron chi connectivity index (χ1n) is 3.94. The average molecular weight is 168 g/mol. The van der Waals surface area contributed by atoms with E-state index in [0.717, 1.165) is 5.57 Å². The van der Waals surface area contributed by atoms with Crippen LogP contribution in [0.25, 0.3) is 0 Å². The fourth-order valence-corrected chi connectivity index (χ4v) is 1.33. The molecule has 0 fully saturated rings. The van der Waals surface area contributed by atoms with E-state index < -0.39 is 0 Å². The smallest absolute Gasteiger partial charge is 0.0555 e. The molecule has 0 saturated heterocycles. The van der Waals surface area contributed by atoms with E-state index in [0.29, 0.717) is 17.1 Å². The lowest BCUT2D eigenvalue weighted by molar-refractivity contribution is 0.542. The van der Waals surface area contributed by atoms with E-state index in [1.54, 1.807) is 0 Å². The predicted octanol–water partition coefficient (Wildman–Crippen LogP) is -0.675. The van der Waals surface area contributed by atoms with Crippen molar-refractivity contribution in [3.8, 4) is 0 Å². The Morgan fingerprint density at radius 1 is 1.08 bits per heavy atom. The van der Waals surface area contributed by atoms with Crippen molar-refractivity contribution in [1.82, 2.24) is 0 Å². The van der Waals surface area contributed by atoms with Crippen LogP contribution in [0.5, 0.6) is 0 Å². The minimum Gasteiger partial charge on any atom is -0.400 e. The second-order valence-corrected chi connectivity index (χ2v) is 3.26. The Balaban J connectivity index is 3.18. The van der Waals surface area contributed by atoms with Crippen molar-refractivity contribution in [1.29, 1.82) is 0 Å². The largest absolute Gasteiger partial charge is 0.400 e. The second kappa shape index (κ2) is 2.71. The van der Waals surface area contributed by atoms with Gasteiger partial charge in [0.1, 0.15) is 0 Å². The van der Waals surface area contributed by atoms with Crippen LogP contribution >= 0.6 is 0 Å². The number of hydrogen-bond acceptors (Lipinski definition) is 4. The van der Waals surface area contributed by atoms with Crippen LogP contribution in [0.2, 0.25) is 0 Å². The summed E-state index contributed by atoms with van der Waals surface area (Å²) in [6.07, 6.45) is 0. The highest BCUT2D eigenvalue weighted by Gasteiger charge is 2.26. The third-order valence-electron chi connectivity index (χ3n) is 2.54. The molecule has 0 aliphatic heterocycles. The zero-order valence-corrected chi connectivity index (χ0v) is 7.46. The first-order valence-corrected chi connectivity index (χ1v) is 3.94. The summed E-state index contributed by atoms with van der Waals surface area (Å²) >= 11 is 0. The van der Waals surface area contributed by atoms with Gasteiger partial charge < -0.3 is 22.9 Å². The van der Waals surface area contributed by atoms with Gasteiger partial charge in [0.2, 0.25) is 0 Å². The molecule has 2 atom stereocenters. The number of nitrogens with two attached hydrogens (primary N) is 4. The van der Waals surface area contributed by atoms with E-state index in [-0.39, 0.29) is 12.0 Å². The zero-order valence-electron chi connectivity index (χ0n) is 7.46. The van der Waals surface area contributed by atoms with Crippen LogP contribution in [-0.4, -0.2) is 6.04 Å². The highest BCUT2D eigenvalue weighted by atomic mass is 14.8. The van der Waals surface area contributed by atoms with Gasteiger partial charge in [0.05, 0.1) is 11.7 Å². The highest BCUT2D eigenvalue weighted by Crippen LogP contribution is 2.25. The summed E-state index contributed by atoms with van der Waals surface area (Å²) in [4.78, 5) is 0. The molecule has 2 unspecified atom stereocenters. The summed E-state index contributed by atoms with van der Waals surface area (Å²) in [6, 6.07) is -0.197. The van der Waals surface area contributed by atoms with Gasteiger partial charge in [-0.3, -0.25) is 0 Å². The molecule has 0 aromatic heterocycles. The molecule has 4 heteroatoms. The molecule has 0 radical (unpaired) electrons. The Morgan fingerprint density at radius 3 is 2.08 bits per heavy atom. The maximum absolute atomic E-state index is 5.81.